The van der Waals surface area contributed by atoms with Gasteiger partial charge >= 0.3 is 5.97 Å². The van der Waals surface area contributed by atoms with Crippen LogP contribution in [-0.2, 0) is 4.79 Å². The summed E-state index contributed by atoms with van der Waals surface area (Å²) in [6, 6.07) is 5.47. The van der Waals surface area contributed by atoms with E-state index in [1.54, 1.807) is 6.07 Å². The van der Waals surface area contributed by atoms with Crippen LogP contribution in [0.15, 0.2) is 24.0 Å². The number of aliphatic carboxylic acids is 1. The van der Waals surface area contributed by atoms with Gasteiger partial charge in [-0.15, -0.1) is 0 Å². The number of carboxylic acid groups (broad SMARTS) is 1. The molecule has 1 aliphatic rings. The van der Waals surface area contributed by atoms with Gasteiger partial charge in [0.1, 0.15) is 11.3 Å². The Morgan fingerprint density at radius 1 is 1.47 bits per heavy atom. The Kier molecular flexibility index (Phi) is 2.11. The monoisotopic (exact) mass is 205 g/mol. The van der Waals surface area contributed by atoms with Crippen molar-refractivity contribution in [2.75, 3.05) is 11.9 Å². The lowest BCUT2D eigenvalue weighted by Crippen LogP contribution is -2.18. The summed E-state index contributed by atoms with van der Waals surface area (Å²) < 4.78 is 0. The van der Waals surface area contributed by atoms with E-state index in [-0.39, 0.29) is 17.9 Å². The van der Waals surface area contributed by atoms with Crippen molar-refractivity contribution in [1.29, 1.82) is 0 Å². The predicted molar refractivity (Wildman–Crippen MR) is 56.9 cm³/mol. The van der Waals surface area contributed by atoms with Crippen LogP contribution in [0.1, 0.15) is 11.1 Å². The molecule has 0 aliphatic carbocycles. The fourth-order valence-electron chi connectivity index (χ4n) is 1.68. The van der Waals surface area contributed by atoms with E-state index in [1.807, 2.05) is 19.1 Å². The van der Waals surface area contributed by atoms with E-state index in [9.17, 15) is 9.90 Å². The number of anilines is 1. The molecule has 0 saturated heterocycles. The minimum Gasteiger partial charge on any atom is -0.510 e. The molecular weight excluding hydrogens is 194 g/mol. The highest BCUT2D eigenvalue weighted by molar-refractivity contribution is 6.18. The average Bonchev–Trinajstić information content (AvgIpc) is 2.16. The fourth-order valence-corrected chi connectivity index (χ4v) is 1.68. The lowest BCUT2D eigenvalue weighted by molar-refractivity contribution is -0.130. The minimum atomic E-state index is -1.10. The van der Waals surface area contributed by atoms with Gasteiger partial charge in [0.05, 0.1) is 6.54 Å². The SMILES string of the molecule is Cc1ccc2c(c1)C(C(=O)O)=C(O)CN2. The van der Waals surface area contributed by atoms with E-state index in [0.29, 0.717) is 5.56 Å². The Morgan fingerprint density at radius 2 is 2.20 bits per heavy atom. The first-order valence-corrected chi connectivity index (χ1v) is 4.60. The molecular formula is C11H11NO3. The van der Waals surface area contributed by atoms with Crippen LogP contribution in [0.3, 0.4) is 0 Å². The molecule has 0 radical (unpaired) electrons. The summed E-state index contributed by atoms with van der Waals surface area (Å²) in [6.45, 7) is 2.04. The van der Waals surface area contributed by atoms with E-state index in [4.69, 9.17) is 5.11 Å². The molecule has 0 aromatic heterocycles. The number of hydrogen-bond donors (Lipinski definition) is 3. The van der Waals surface area contributed by atoms with Gasteiger partial charge in [0.2, 0.25) is 0 Å². The smallest absolute Gasteiger partial charge is 0.339 e. The van der Waals surface area contributed by atoms with E-state index < -0.39 is 5.97 Å². The third kappa shape index (κ3) is 1.54. The summed E-state index contributed by atoms with van der Waals surface area (Å²) in [7, 11) is 0. The summed E-state index contributed by atoms with van der Waals surface area (Å²) in [5.74, 6) is -1.22. The number of rotatable bonds is 1. The van der Waals surface area contributed by atoms with Crippen LogP contribution < -0.4 is 5.32 Å². The zero-order chi connectivity index (χ0) is 11.0. The third-order valence-corrected chi connectivity index (χ3v) is 2.39. The Bertz CT molecular complexity index is 463. The standard InChI is InChI=1S/C11H11NO3/c1-6-2-3-8-7(4-6)10(11(14)15)9(13)5-12-8/h2-4,12-13H,5H2,1H3,(H,14,15). The molecule has 15 heavy (non-hydrogen) atoms. The zero-order valence-electron chi connectivity index (χ0n) is 8.24. The molecule has 3 N–H and O–H groups in total. The van der Waals surface area contributed by atoms with Crippen molar-refractivity contribution < 1.29 is 15.0 Å². The molecule has 78 valence electrons. The molecule has 0 bridgehead atoms. The summed E-state index contributed by atoms with van der Waals surface area (Å²) in [4.78, 5) is 11.0. The maximum atomic E-state index is 11.0. The van der Waals surface area contributed by atoms with Crippen LogP contribution in [0.4, 0.5) is 5.69 Å². The van der Waals surface area contributed by atoms with E-state index in [1.165, 1.54) is 0 Å². The molecule has 0 atom stereocenters. The van der Waals surface area contributed by atoms with Gasteiger partial charge < -0.3 is 15.5 Å². The van der Waals surface area contributed by atoms with Crippen molar-refractivity contribution in [3.8, 4) is 0 Å². The van der Waals surface area contributed by atoms with Crippen molar-refractivity contribution in [2.45, 2.75) is 6.92 Å². The van der Waals surface area contributed by atoms with Crippen LogP contribution in [0.5, 0.6) is 0 Å². The number of nitrogens with one attached hydrogen (secondary N) is 1. The highest BCUT2D eigenvalue weighted by Gasteiger charge is 2.23. The molecule has 1 heterocycles. The number of carboxylic acids is 1. The summed E-state index contributed by atoms with van der Waals surface area (Å²) in [5.41, 5.74) is 2.25. The quantitative estimate of drug-likeness (QED) is 0.653. The third-order valence-electron chi connectivity index (χ3n) is 2.39. The second kappa shape index (κ2) is 3.31. The van der Waals surface area contributed by atoms with Gasteiger partial charge in [0.25, 0.3) is 0 Å². The molecule has 4 nitrogen and oxygen atoms in total. The lowest BCUT2D eigenvalue weighted by Gasteiger charge is -2.19. The van der Waals surface area contributed by atoms with Crippen LogP contribution in [0.25, 0.3) is 5.57 Å². The summed E-state index contributed by atoms with van der Waals surface area (Å²) >= 11 is 0. The molecule has 1 aromatic rings. The molecule has 0 unspecified atom stereocenters. The lowest BCUT2D eigenvalue weighted by atomic mass is 9.97. The fraction of sp³-hybridized carbons (Fsp3) is 0.182. The highest BCUT2D eigenvalue weighted by Crippen LogP contribution is 2.30. The second-order valence-corrected chi connectivity index (χ2v) is 3.53. The van der Waals surface area contributed by atoms with Crippen molar-refractivity contribution in [1.82, 2.24) is 0 Å². The molecule has 1 aromatic carbocycles. The van der Waals surface area contributed by atoms with E-state index in [0.717, 1.165) is 11.3 Å². The molecule has 1 aliphatic heterocycles. The average molecular weight is 205 g/mol. The van der Waals surface area contributed by atoms with Crippen molar-refractivity contribution in [2.24, 2.45) is 0 Å². The number of hydrogen-bond acceptors (Lipinski definition) is 3. The van der Waals surface area contributed by atoms with E-state index in [2.05, 4.69) is 5.32 Å². The number of carbonyl (C=O) groups is 1. The Balaban J connectivity index is 2.64. The number of benzene rings is 1. The van der Waals surface area contributed by atoms with Gasteiger partial charge in [0.15, 0.2) is 0 Å². The van der Waals surface area contributed by atoms with Gasteiger partial charge in [0, 0.05) is 11.3 Å². The van der Waals surface area contributed by atoms with Crippen molar-refractivity contribution >= 4 is 17.2 Å². The second-order valence-electron chi connectivity index (χ2n) is 3.53. The summed E-state index contributed by atoms with van der Waals surface area (Å²) in [6.07, 6.45) is 0. The highest BCUT2D eigenvalue weighted by atomic mass is 16.4. The number of fused-ring (bicyclic) bond motifs is 1. The molecule has 0 fully saturated rings. The van der Waals surface area contributed by atoms with Gasteiger partial charge in [-0.05, 0) is 19.1 Å². The van der Waals surface area contributed by atoms with Gasteiger partial charge in [-0.25, -0.2) is 4.79 Å². The Morgan fingerprint density at radius 3 is 2.87 bits per heavy atom. The Labute approximate surface area is 86.9 Å². The molecule has 2 rings (SSSR count). The van der Waals surface area contributed by atoms with Crippen LogP contribution in [0, 0.1) is 6.92 Å². The number of aryl methyl sites for hydroxylation is 1. The summed E-state index contributed by atoms with van der Waals surface area (Å²) in [5, 5.41) is 21.5. The first-order valence-electron chi connectivity index (χ1n) is 4.60. The number of aliphatic hydroxyl groups is 1. The maximum absolute atomic E-state index is 11.0. The normalized spacial score (nSPS) is 14.5. The minimum absolute atomic E-state index is 0.00699. The van der Waals surface area contributed by atoms with E-state index >= 15 is 0 Å². The van der Waals surface area contributed by atoms with Crippen LogP contribution in [0.2, 0.25) is 0 Å². The first kappa shape index (κ1) is 9.58. The first-order chi connectivity index (χ1) is 7.09. The molecule has 0 spiro atoms. The maximum Gasteiger partial charge on any atom is 0.339 e. The van der Waals surface area contributed by atoms with Crippen LogP contribution >= 0.6 is 0 Å². The van der Waals surface area contributed by atoms with Gasteiger partial charge in [-0.3, -0.25) is 0 Å². The van der Waals surface area contributed by atoms with Crippen molar-refractivity contribution in [3.05, 3.63) is 35.1 Å². The predicted octanol–water partition coefficient (Wildman–Crippen LogP) is 1.77. The number of aliphatic hydroxyl groups excluding tert-OH is 1. The topological polar surface area (TPSA) is 69.6 Å². The molecule has 4 heteroatoms. The van der Waals surface area contributed by atoms with Crippen LogP contribution in [-0.4, -0.2) is 22.7 Å². The molecule has 0 amide bonds. The van der Waals surface area contributed by atoms with Gasteiger partial charge in [-0.1, -0.05) is 11.6 Å². The van der Waals surface area contributed by atoms with Gasteiger partial charge in [-0.2, -0.15) is 0 Å². The Hall–Kier alpha value is -1.97. The zero-order valence-corrected chi connectivity index (χ0v) is 8.24. The largest absolute Gasteiger partial charge is 0.510 e. The van der Waals surface area contributed by atoms with Crippen molar-refractivity contribution in [3.63, 3.8) is 0 Å². The molecule has 0 saturated carbocycles.